The molecule has 2 aromatic carbocycles. The largest absolute Gasteiger partial charge is 0.447 e. The Hall–Kier alpha value is -5.69. The molecule has 0 bridgehead atoms. The number of rotatable bonds is 10. The monoisotopic (exact) mass is 808 g/mol. The van der Waals surface area contributed by atoms with E-state index in [-0.39, 0.29) is 53.5 Å². The van der Waals surface area contributed by atoms with E-state index in [1.54, 1.807) is 52.1 Å². The Bertz CT molecular complexity index is 2470. The predicted octanol–water partition coefficient (Wildman–Crippen LogP) is 7.14. The highest BCUT2D eigenvalue weighted by molar-refractivity contribution is 6.37. The highest BCUT2D eigenvalue weighted by Crippen LogP contribution is 2.49. The van der Waals surface area contributed by atoms with Crippen LogP contribution < -0.4 is 11.1 Å². The van der Waals surface area contributed by atoms with Gasteiger partial charge in [0.2, 0.25) is 5.91 Å². The standard InChI is InChI=1S/C40H38ClF5N8O3/c1-21-19-40(45,46)36-32(21)29(10-12-42)50-54(36)20-31(55)49-30(17-22-15-23(43)18-24(44)16-22)34-26(27-7-8-28(41)33-35(27)52(4)51-37(33)47)6-5-25(48-34)9-11-39(2,3)53-13-14-57-38(53)56/h5-8,15-16,18,21,30H,10,12-14,17,19-20H2,1-4H3,(H2,47,51)(H,49,55)/t21-,30-/m0/s1. The first-order valence-electron chi connectivity index (χ1n) is 18.1. The van der Waals surface area contributed by atoms with Gasteiger partial charge in [0, 0.05) is 42.6 Å². The second-order valence-corrected chi connectivity index (χ2v) is 15.2. The molecule has 0 spiro atoms. The molecule has 0 unspecified atom stereocenters. The van der Waals surface area contributed by atoms with Crippen molar-refractivity contribution in [3.05, 3.63) is 93.0 Å². The third-order valence-electron chi connectivity index (χ3n) is 10.2. The number of halogens is 6. The first kappa shape index (κ1) is 39.5. The molecule has 3 N–H and O–H groups in total. The van der Waals surface area contributed by atoms with Gasteiger partial charge in [0.1, 0.15) is 41.7 Å². The van der Waals surface area contributed by atoms with Gasteiger partial charge in [-0.05, 0) is 68.0 Å². The molecule has 1 fully saturated rings. The lowest BCUT2D eigenvalue weighted by Crippen LogP contribution is -2.43. The summed E-state index contributed by atoms with van der Waals surface area (Å²) in [5, 5.41) is 12.2. The van der Waals surface area contributed by atoms with E-state index in [0.717, 1.165) is 16.8 Å². The fourth-order valence-corrected chi connectivity index (χ4v) is 8.06. The van der Waals surface area contributed by atoms with Crippen LogP contribution >= 0.6 is 11.6 Å². The van der Waals surface area contributed by atoms with E-state index >= 15 is 8.78 Å². The fraction of sp³-hybridized carbons (Fsp3) is 0.375. The Morgan fingerprint density at radius 3 is 2.54 bits per heavy atom. The summed E-state index contributed by atoms with van der Waals surface area (Å²) in [5.74, 6) is -0.186. The predicted molar refractivity (Wildman–Crippen MR) is 202 cm³/mol. The molecular weight excluding hydrogens is 771 g/mol. The van der Waals surface area contributed by atoms with Crippen molar-refractivity contribution >= 4 is 40.3 Å². The Kier molecular flexibility index (Phi) is 10.4. The number of amides is 2. The molecule has 2 atom stereocenters. The van der Waals surface area contributed by atoms with E-state index in [1.165, 1.54) is 9.58 Å². The third kappa shape index (κ3) is 7.60. The van der Waals surface area contributed by atoms with Crippen molar-refractivity contribution in [3.63, 3.8) is 0 Å². The van der Waals surface area contributed by atoms with Crippen LogP contribution in [0.15, 0.2) is 42.5 Å². The molecule has 298 valence electrons. The van der Waals surface area contributed by atoms with Crippen molar-refractivity contribution < 1.29 is 36.3 Å². The molecule has 2 aliphatic rings. The number of nitrogens with zero attached hydrogens (tertiary/aromatic N) is 6. The van der Waals surface area contributed by atoms with Gasteiger partial charge in [0.05, 0.1) is 46.6 Å². The molecular formula is C40H38ClF5N8O3. The van der Waals surface area contributed by atoms with E-state index in [0.29, 0.717) is 39.7 Å². The highest BCUT2D eigenvalue weighted by atomic mass is 35.5. The number of anilines is 1. The molecule has 17 heteroatoms. The number of aromatic nitrogens is 5. The van der Waals surface area contributed by atoms with E-state index in [9.17, 15) is 22.8 Å². The first-order valence-corrected chi connectivity index (χ1v) is 18.5. The molecule has 1 saturated heterocycles. The van der Waals surface area contributed by atoms with Crippen molar-refractivity contribution in [2.45, 2.75) is 70.0 Å². The molecule has 0 radical (unpaired) electrons. The van der Waals surface area contributed by atoms with Gasteiger partial charge in [-0.25, -0.2) is 18.6 Å². The second kappa shape index (κ2) is 15.0. The number of carbonyl (C=O) groups is 2. The third-order valence-corrected chi connectivity index (χ3v) is 10.5. The number of nitrogen functional groups attached to an aromatic ring is 1. The van der Waals surface area contributed by atoms with Crippen LogP contribution in [0.25, 0.3) is 22.0 Å². The van der Waals surface area contributed by atoms with Gasteiger partial charge >= 0.3 is 6.09 Å². The van der Waals surface area contributed by atoms with E-state index < -0.39 is 72.4 Å². The summed E-state index contributed by atoms with van der Waals surface area (Å²) in [6.07, 6.45) is -1.45. The van der Waals surface area contributed by atoms with Crippen molar-refractivity contribution in [3.8, 4) is 23.0 Å². The molecule has 1 aliphatic heterocycles. The number of carbonyl (C=O) groups excluding carboxylic acids is 2. The molecule has 3 aromatic heterocycles. The molecule has 4 heterocycles. The summed E-state index contributed by atoms with van der Waals surface area (Å²) in [6, 6.07) is 8.43. The van der Waals surface area contributed by atoms with Crippen LogP contribution in [0.5, 0.6) is 0 Å². The lowest BCUT2D eigenvalue weighted by molar-refractivity contribution is -0.122. The molecule has 57 heavy (non-hydrogen) atoms. The zero-order valence-corrected chi connectivity index (χ0v) is 32.2. The molecule has 1 aliphatic carbocycles. The van der Waals surface area contributed by atoms with Gasteiger partial charge in [-0.2, -0.15) is 19.0 Å². The summed E-state index contributed by atoms with van der Waals surface area (Å²) in [7, 11) is 1.67. The molecule has 2 amide bonds. The average molecular weight is 809 g/mol. The average Bonchev–Trinajstić information content (AvgIpc) is 3.87. The van der Waals surface area contributed by atoms with Gasteiger partial charge in [-0.1, -0.05) is 30.5 Å². The summed E-state index contributed by atoms with van der Waals surface area (Å²) >= 11 is 6.57. The molecule has 11 nitrogen and oxygen atoms in total. The number of benzene rings is 2. The zero-order valence-electron chi connectivity index (χ0n) is 31.4. The first-order chi connectivity index (χ1) is 27.0. The topological polar surface area (TPSA) is 133 Å². The maximum absolute atomic E-state index is 15.4. The number of nitrogens with two attached hydrogens (primary N) is 1. The Labute approximate surface area is 329 Å². The van der Waals surface area contributed by atoms with E-state index in [1.807, 2.05) is 0 Å². The van der Waals surface area contributed by atoms with Gasteiger partial charge in [0.15, 0.2) is 5.82 Å². The number of alkyl halides is 3. The SMILES string of the molecule is C[C@H]1CC(F)(F)c2c1c(CCF)nn2CC(=O)N[C@@H](Cc1cc(F)cc(F)c1)c1nc(C#CC(C)(C)N2CCOC2=O)ccc1-c1ccc(Cl)c2c(N)nn(C)c12. The summed E-state index contributed by atoms with van der Waals surface area (Å²) in [5.41, 5.74) is 7.22. The van der Waals surface area contributed by atoms with Crippen LogP contribution in [0.4, 0.5) is 32.6 Å². The van der Waals surface area contributed by atoms with Crippen molar-refractivity contribution in [2.24, 2.45) is 7.05 Å². The minimum atomic E-state index is -3.32. The maximum Gasteiger partial charge on any atom is 0.411 e. The minimum Gasteiger partial charge on any atom is -0.447 e. The quantitative estimate of drug-likeness (QED) is 0.113. The van der Waals surface area contributed by atoms with Crippen LogP contribution in [-0.2, 0) is 41.9 Å². The number of hydrogen-bond donors (Lipinski definition) is 2. The minimum absolute atomic E-state index is 0.146. The van der Waals surface area contributed by atoms with E-state index in [2.05, 4.69) is 27.4 Å². The van der Waals surface area contributed by atoms with Crippen molar-refractivity contribution in [2.75, 3.05) is 25.6 Å². The number of pyridine rings is 1. The molecule has 5 aromatic rings. The number of hydrogen-bond acceptors (Lipinski definition) is 7. The smallest absolute Gasteiger partial charge is 0.411 e. The number of fused-ring (bicyclic) bond motifs is 2. The lowest BCUT2D eigenvalue weighted by Gasteiger charge is -2.27. The molecule has 7 rings (SSSR count). The molecule has 0 saturated carbocycles. The maximum atomic E-state index is 15.4. The normalized spacial score (nSPS) is 16.7. The van der Waals surface area contributed by atoms with Crippen LogP contribution in [0.1, 0.15) is 73.1 Å². The summed E-state index contributed by atoms with van der Waals surface area (Å²) in [4.78, 5) is 32.8. The van der Waals surface area contributed by atoms with Crippen molar-refractivity contribution in [1.82, 2.24) is 34.8 Å². The number of aryl methyl sites for hydroxylation is 2. The second-order valence-electron chi connectivity index (χ2n) is 14.7. The Morgan fingerprint density at radius 1 is 1.14 bits per heavy atom. The summed E-state index contributed by atoms with van der Waals surface area (Å²) < 4.78 is 81.0. The van der Waals surface area contributed by atoms with Gasteiger partial charge in [-0.15, -0.1) is 0 Å². The Balaban J connectivity index is 1.37. The lowest BCUT2D eigenvalue weighted by atomic mass is 9.93. The fourth-order valence-electron chi connectivity index (χ4n) is 7.81. The zero-order chi connectivity index (χ0) is 41.0. The van der Waals surface area contributed by atoms with Crippen LogP contribution in [0.3, 0.4) is 0 Å². The van der Waals surface area contributed by atoms with Crippen molar-refractivity contribution in [1.29, 1.82) is 0 Å². The Morgan fingerprint density at radius 2 is 1.86 bits per heavy atom. The van der Waals surface area contributed by atoms with E-state index in [4.69, 9.17) is 27.1 Å². The van der Waals surface area contributed by atoms with Gasteiger partial charge in [0.25, 0.3) is 5.92 Å². The number of nitrogens with one attached hydrogen (secondary N) is 1. The van der Waals surface area contributed by atoms with Crippen LogP contribution in [-0.4, -0.2) is 66.8 Å². The summed E-state index contributed by atoms with van der Waals surface area (Å²) in [6.45, 7) is 4.14. The van der Waals surface area contributed by atoms with Crippen LogP contribution in [0.2, 0.25) is 5.02 Å². The highest BCUT2D eigenvalue weighted by Gasteiger charge is 2.48. The van der Waals surface area contributed by atoms with Crippen LogP contribution in [0, 0.1) is 23.5 Å². The van der Waals surface area contributed by atoms with Gasteiger partial charge in [-0.3, -0.25) is 23.4 Å². The number of cyclic esters (lactones) is 1. The van der Waals surface area contributed by atoms with Gasteiger partial charge < -0.3 is 15.8 Å². The number of ether oxygens (including phenoxy) is 1.